The van der Waals surface area contributed by atoms with Crippen LogP contribution >= 0.6 is 11.6 Å². The molecule has 1 N–H and O–H groups in total. The zero-order valence-corrected chi connectivity index (χ0v) is 61.8. The average molecular weight is 1390 g/mol. The Balaban J connectivity index is 0.000000135. The molecule has 3 aromatic rings. The van der Waals surface area contributed by atoms with Crippen molar-refractivity contribution >= 4 is 28.7 Å². The van der Waals surface area contributed by atoms with E-state index in [0.29, 0.717) is 118 Å². The zero-order valence-electron chi connectivity index (χ0n) is 61.1. The van der Waals surface area contributed by atoms with Crippen LogP contribution in [0.1, 0.15) is 215 Å². The quantitative estimate of drug-likeness (QED) is 0.128. The van der Waals surface area contributed by atoms with Crippen molar-refractivity contribution in [2.45, 2.75) is 252 Å². The number of aromatic nitrogens is 3. The number of aliphatic hydroxyl groups is 1. The fourth-order valence-electron chi connectivity index (χ4n) is 22.9. The van der Waals surface area contributed by atoms with E-state index in [1.165, 1.54) is 138 Å². The van der Waals surface area contributed by atoms with Gasteiger partial charge in [0.25, 0.3) is 0 Å². The molecule has 12 aliphatic rings. The van der Waals surface area contributed by atoms with Crippen LogP contribution in [0.4, 0.5) is 17.1 Å². The number of hydrogen-bond donors (Lipinski definition) is 1. The van der Waals surface area contributed by atoms with Gasteiger partial charge >= 0.3 is 0 Å². The molecule has 0 spiro atoms. The van der Waals surface area contributed by atoms with Gasteiger partial charge in [0, 0.05) is 77.8 Å². The summed E-state index contributed by atoms with van der Waals surface area (Å²) in [6.45, 7) is 53.3. The molecule has 15 nitrogen and oxygen atoms in total. The molecule has 9 aliphatic carbocycles. The number of aliphatic hydroxyl groups excluding tert-OH is 1. The first kappa shape index (κ1) is 74.5. The third kappa shape index (κ3) is 14.9. The topological polar surface area (TPSA) is 146 Å². The standard InChI is InChI=1S/2C28H38N2O3.C22H36O3.C6H3ClN2/c2*1-19-9-10-24-27(2,21(19)13-16-31-23-12-15-30-17-22(23)29-4)14-11-25-28(24,3)18-32-26(33-25)20-7-5-6-8-20;1-15-8-9-18-21(2,17(15)11-13-23)12-10-19-22(18,3)14-24-20(25-19)16-6-4-5-7-16;1-8-6-4-9-3-2-5(6)7/h2*12,15,17,20-21,24-26H,1,5-11,13-14,16,18H2,2-3H3;16-20,23H,1,4-14H2,2-3H3;2-4H/t2*21-,24?,25-,26-,27+,28+;17-,18?,19-,20-,21+,22+;/m111./s1. The maximum atomic E-state index is 9.60. The summed E-state index contributed by atoms with van der Waals surface area (Å²) in [7, 11) is 0. The second-order valence-corrected chi connectivity index (χ2v) is 34.1. The number of ether oxygens (including phenoxy) is 8. The molecule has 542 valence electrons. The minimum absolute atomic E-state index is 0.00897. The Bertz CT molecular complexity index is 3310. The van der Waals surface area contributed by atoms with Crippen molar-refractivity contribution in [2.75, 3.05) is 39.6 Å². The van der Waals surface area contributed by atoms with Crippen LogP contribution < -0.4 is 9.47 Å². The Morgan fingerprint density at radius 2 is 0.780 bits per heavy atom. The van der Waals surface area contributed by atoms with Gasteiger partial charge < -0.3 is 43.0 Å². The molecular formula is C84H115ClN6O9. The molecule has 3 saturated heterocycles. The molecule has 3 aliphatic heterocycles. The summed E-state index contributed by atoms with van der Waals surface area (Å²) in [5, 5.41) is 10.1. The normalized spacial score (nSPS) is 38.5. The highest BCUT2D eigenvalue weighted by atomic mass is 35.5. The predicted octanol–water partition coefficient (Wildman–Crippen LogP) is 20.4. The SMILES string of the molecule is C=C1CCC2[C@]3(C)CO[C@@H](C4CCCC4)O[C@@H]3CC[C@@]2(C)[C@@H]1CCO.[C-]#[N+]c1cnccc1Cl.[C-]#[N+]c1cnccc1OCC[C@@H]1C(=C)CCC2[C@]3(C)CO[C@@H](C4CCCC4)O[C@@H]3CC[C@]21C.[C-]#[N+]c1cnccc1OCC[C@@H]1C(=C)CCC2[C@]3(C)CO[C@@H](C4CCCC4)O[C@@H]3CC[C@]21C. The molecule has 0 radical (unpaired) electrons. The molecule has 6 heterocycles. The van der Waals surface area contributed by atoms with Gasteiger partial charge in [-0.3, -0.25) is 15.0 Å². The van der Waals surface area contributed by atoms with Gasteiger partial charge in [0.05, 0.1) is 76.1 Å². The van der Waals surface area contributed by atoms with E-state index in [2.05, 4.69) is 90.8 Å². The molecule has 0 bridgehead atoms. The third-order valence-corrected chi connectivity index (χ3v) is 28.6. The first-order valence-electron chi connectivity index (χ1n) is 38.5. The number of halogens is 1. The summed E-state index contributed by atoms with van der Waals surface area (Å²) in [5.74, 6) is 6.06. The number of rotatable bonds is 13. The van der Waals surface area contributed by atoms with Crippen molar-refractivity contribution in [2.24, 2.45) is 85.8 Å². The molecule has 9 saturated carbocycles. The summed E-state index contributed by atoms with van der Waals surface area (Å²) in [5.41, 5.74) is 6.25. The molecule has 3 unspecified atom stereocenters. The van der Waals surface area contributed by atoms with Crippen molar-refractivity contribution in [3.63, 3.8) is 0 Å². The number of nitrogens with zero attached hydrogens (tertiary/aromatic N) is 6. The van der Waals surface area contributed by atoms with E-state index in [0.717, 1.165) is 77.6 Å². The van der Waals surface area contributed by atoms with Gasteiger partial charge in [-0.2, -0.15) is 0 Å². The van der Waals surface area contributed by atoms with Crippen LogP contribution in [-0.2, 0) is 28.4 Å². The maximum Gasteiger partial charge on any atom is 0.245 e. The van der Waals surface area contributed by atoms with Crippen molar-refractivity contribution in [3.8, 4) is 11.5 Å². The van der Waals surface area contributed by atoms with Crippen molar-refractivity contribution in [1.29, 1.82) is 0 Å². The van der Waals surface area contributed by atoms with E-state index < -0.39 is 0 Å². The van der Waals surface area contributed by atoms with Crippen LogP contribution in [0, 0.1) is 105 Å². The smallest absolute Gasteiger partial charge is 0.245 e. The summed E-state index contributed by atoms with van der Waals surface area (Å²) < 4.78 is 51.4. The van der Waals surface area contributed by atoms with E-state index in [-0.39, 0.29) is 58.0 Å². The first-order chi connectivity index (χ1) is 48.2. The first-order valence-corrected chi connectivity index (χ1v) is 38.9. The van der Waals surface area contributed by atoms with Gasteiger partial charge in [0.1, 0.15) is 11.5 Å². The fraction of sp³-hybridized carbons (Fsp3) is 0.714. The molecule has 0 amide bonds. The van der Waals surface area contributed by atoms with E-state index in [1.807, 2.05) is 0 Å². The van der Waals surface area contributed by atoms with E-state index in [4.69, 9.17) is 69.2 Å². The Morgan fingerprint density at radius 1 is 0.460 bits per heavy atom. The molecular weight excluding hydrogens is 1270 g/mol. The fourth-order valence-corrected chi connectivity index (χ4v) is 23.0. The van der Waals surface area contributed by atoms with E-state index >= 15 is 0 Å². The van der Waals surface area contributed by atoms with Crippen LogP contribution in [0.3, 0.4) is 0 Å². The lowest BCUT2D eigenvalue weighted by atomic mass is 9.46. The molecule has 16 heteroatoms. The van der Waals surface area contributed by atoms with Gasteiger partial charge in [0.15, 0.2) is 18.9 Å². The van der Waals surface area contributed by atoms with Crippen LogP contribution in [0.5, 0.6) is 11.5 Å². The molecule has 100 heavy (non-hydrogen) atoms. The second-order valence-electron chi connectivity index (χ2n) is 33.7. The van der Waals surface area contributed by atoms with E-state index in [1.54, 1.807) is 49.2 Å². The molecule has 0 aromatic carbocycles. The average Bonchev–Trinajstić information content (AvgIpc) is 0.933. The highest BCUT2D eigenvalue weighted by Gasteiger charge is 2.64. The van der Waals surface area contributed by atoms with Gasteiger partial charge in [-0.15, -0.1) is 0 Å². The number of pyridine rings is 3. The number of fused-ring (bicyclic) bond motifs is 9. The summed E-state index contributed by atoms with van der Waals surface area (Å²) in [6, 6.07) is 5.17. The van der Waals surface area contributed by atoms with Crippen molar-refractivity contribution < 1.29 is 43.0 Å². The number of hydrogen-bond acceptors (Lipinski definition) is 12. The van der Waals surface area contributed by atoms with Crippen molar-refractivity contribution in [3.05, 3.63) is 131 Å². The van der Waals surface area contributed by atoms with Gasteiger partial charge in [-0.05, 0) is 205 Å². The van der Waals surface area contributed by atoms with Crippen LogP contribution in [0.25, 0.3) is 14.5 Å². The van der Waals surface area contributed by atoms with E-state index in [9.17, 15) is 5.11 Å². The van der Waals surface area contributed by atoms with Gasteiger partial charge in [-0.25, -0.2) is 14.5 Å². The summed E-state index contributed by atoms with van der Waals surface area (Å²) in [6.07, 6.45) is 42.4. The summed E-state index contributed by atoms with van der Waals surface area (Å²) >= 11 is 5.57. The lowest BCUT2D eigenvalue weighted by Crippen LogP contribution is -2.62. The zero-order chi connectivity index (χ0) is 70.5. The lowest BCUT2D eigenvalue weighted by molar-refractivity contribution is -0.316. The van der Waals surface area contributed by atoms with Crippen molar-refractivity contribution in [1.82, 2.24) is 15.0 Å². The van der Waals surface area contributed by atoms with Crippen LogP contribution in [-0.4, -0.2) is 96.9 Å². The Labute approximate surface area is 603 Å². The second kappa shape index (κ2) is 32.0. The third-order valence-electron chi connectivity index (χ3n) is 28.3. The molecule has 18 atom stereocenters. The minimum atomic E-state index is 0.00897. The Kier molecular flexibility index (Phi) is 23.8. The van der Waals surface area contributed by atoms with Gasteiger partial charge in [0.2, 0.25) is 17.1 Å². The lowest BCUT2D eigenvalue weighted by Gasteiger charge is -2.63. The van der Waals surface area contributed by atoms with Gasteiger partial charge in [-0.1, -0.05) is 128 Å². The molecule has 3 aromatic heterocycles. The largest absolute Gasteiger partial charge is 0.504 e. The predicted molar refractivity (Wildman–Crippen MR) is 391 cm³/mol. The molecule has 12 fully saturated rings. The maximum absolute atomic E-state index is 9.60. The van der Waals surface area contributed by atoms with Crippen LogP contribution in [0.15, 0.2) is 91.8 Å². The van der Waals surface area contributed by atoms with Crippen LogP contribution in [0.2, 0.25) is 5.02 Å². The Hall–Kier alpha value is -5.25. The minimum Gasteiger partial charge on any atom is -0.504 e. The molecule has 15 rings (SSSR count). The Morgan fingerprint density at radius 3 is 1.09 bits per heavy atom. The highest BCUT2D eigenvalue weighted by Crippen LogP contribution is 2.67. The monoisotopic (exact) mass is 1390 g/mol. The number of allylic oxidation sites excluding steroid dienone is 3. The summed E-state index contributed by atoms with van der Waals surface area (Å²) in [4.78, 5) is 22.0. The highest BCUT2D eigenvalue weighted by molar-refractivity contribution is 6.33.